The van der Waals surface area contributed by atoms with Crippen LogP contribution in [0.3, 0.4) is 0 Å². The van der Waals surface area contributed by atoms with E-state index in [2.05, 4.69) is 5.10 Å². The van der Waals surface area contributed by atoms with Gasteiger partial charge in [-0.05, 0) is 36.6 Å². The SMILES string of the molecule is CC(Cc1ccc2c(c1)c(=O)[nH]n2Cc1ccccc1)S(N)(=O)=O. The predicted molar refractivity (Wildman–Crippen MR) is 94.4 cm³/mol. The quantitative estimate of drug-likeness (QED) is 0.735. The van der Waals surface area contributed by atoms with E-state index < -0.39 is 15.3 Å². The molecule has 24 heavy (non-hydrogen) atoms. The molecule has 3 N–H and O–H groups in total. The summed E-state index contributed by atoms with van der Waals surface area (Å²) in [5.41, 5.74) is 2.45. The van der Waals surface area contributed by atoms with Gasteiger partial charge in [-0.1, -0.05) is 36.4 Å². The van der Waals surface area contributed by atoms with Gasteiger partial charge in [0.25, 0.3) is 5.56 Å². The van der Waals surface area contributed by atoms with Crippen molar-refractivity contribution < 1.29 is 8.42 Å². The van der Waals surface area contributed by atoms with Gasteiger partial charge in [0, 0.05) is 0 Å². The molecule has 1 heterocycles. The minimum atomic E-state index is -3.59. The summed E-state index contributed by atoms with van der Waals surface area (Å²) in [5, 5.41) is 7.84. The van der Waals surface area contributed by atoms with Crippen molar-refractivity contribution in [2.24, 2.45) is 5.14 Å². The number of fused-ring (bicyclic) bond motifs is 1. The van der Waals surface area contributed by atoms with Gasteiger partial charge in [0.1, 0.15) is 0 Å². The number of aromatic amines is 1. The molecular formula is C17H19N3O3S. The van der Waals surface area contributed by atoms with E-state index in [-0.39, 0.29) is 12.0 Å². The molecular weight excluding hydrogens is 326 g/mol. The van der Waals surface area contributed by atoms with Crippen LogP contribution in [0.2, 0.25) is 0 Å². The molecule has 0 saturated heterocycles. The Kier molecular flexibility index (Phi) is 4.29. The fourth-order valence-electron chi connectivity index (χ4n) is 2.71. The molecule has 3 aromatic rings. The van der Waals surface area contributed by atoms with Gasteiger partial charge in [-0.15, -0.1) is 0 Å². The summed E-state index contributed by atoms with van der Waals surface area (Å²) in [5.74, 6) is 0. The van der Waals surface area contributed by atoms with Gasteiger partial charge in [0.15, 0.2) is 0 Å². The van der Waals surface area contributed by atoms with Gasteiger partial charge in [-0.25, -0.2) is 13.6 Å². The molecule has 1 atom stereocenters. The summed E-state index contributed by atoms with van der Waals surface area (Å²) in [6.07, 6.45) is 0.276. The first kappa shape index (κ1) is 16.5. The minimum Gasteiger partial charge on any atom is -0.280 e. The molecule has 0 aliphatic carbocycles. The largest absolute Gasteiger partial charge is 0.280 e. The maximum absolute atomic E-state index is 12.2. The van der Waals surface area contributed by atoms with Crippen LogP contribution in [0.5, 0.6) is 0 Å². The van der Waals surface area contributed by atoms with Crippen LogP contribution in [-0.2, 0) is 23.0 Å². The van der Waals surface area contributed by atoms with Crippen LogP contribution in [0.25, 0.3) is 10.9 Å². The van der Waals surface area contributed by atoms with E-state index in [9.17, 15) is 13.2 Å². The van der Waals surface area contributed by atoms with Gasteiger partial charge in [-0.2, -0.15) is 0 Å². The number of H-pyrrole nitrogens is 1. The zero-order chi connectivity index (χ0) is 17.3. The number of aromatic nitrogens is 2. The first-order valence-corrected chi connectivity index (χ1v) is 9.22. The van der Waals surface area contributed by atoms with Crippen molar-refractivity contribution in [3.8, 4) is 0 Å². The van der Waals surface area contributed by atoms with E-state index in [1.54, 1.807) is 17.7 Å². The van der Waals surface area contributed by atoms with Crippen molar-refractivity contribution in [1.82, 2.24) is 9.78 Å². The summed E-state index contributed by atoms with van der Waals surface area (Å²) in [6.45, 7) is 2.12. The lowest BCUT2D eigenvalue weighted by molar-refractivity contribution is 0.584. The fraction of sp³-hybridized carbons (Fsp3) is 0.235. The van der Waals surface area contributed by atoms with Gasteiger partial charge in [0.05, 0.1) is 22.7 Å². The predicted octanol–water partition coefficient (Wildman–Crippen LogP) is 1.60. The van der Waals surface area contributed by atoms with Crippen molar-refractivity contribution in [3.63, 3.8) is 0 Å². The van der Waals surface area contributed by atoms with Crippen molar-refractivity contribution in [2.75, 3.05) is 0 Å². The molecule has 126 valence electrons. The Morgan fingerprint density at radius 3 is 2.50 bits per heavy atom. The van der Waals surface area contributed by atoms with Gasteiger partial charge in [-0.3, -0.25) is 14.6 Å². The second kappa shape index (κ2) is 6.26. The fourth-order valence-corrected chi connectivity index (χ4v) is 3.13. The van der Waals surface area contributed by atoms with E-state index in [0.29, 0.717) is 11.9 Å². The van der Waals surface area contributed by atoms with Crippen LogP contribution in [0, 0.1) is 0 Å². The average molecular weight is 345 g/mol. The third kappa shape index (κ3) is 3.42. The second-order valence-corrected chi connectivity index (χ2v) is 7.95. The van der Waals surface area contributed by atoms with Crippen LogP contribution >= 0.6 is 0 Å². The molecule has 0 bridgehead atoms. The number of nitrogens with zero attached hydrogens (tertiary/aromatic N) is 1. The van der Waals surface area contributed by atoms with Crippen molar-refractivity contribution in [3.05, 3.63) is 70.0 Å². The molecule has 0 fully saturated rings. The maximum Gasteiger partial charge on any atom is 0.271 e. The number of sulfonamides is 1. The highest BCUT2D eigenvalue weighted by molar-refractivity contribution is 7.89. The standard InChI is InChI=1S/C17H19N3O3S/c1-12(24(18,22)23)9-14-7-8-16-15(10-14)17(21)19-20(16)11-13-5-3-2-4-6-13/h2-8,10,12H,9,11H2,1H3,(H,19,21)(H2,18,22,23). The zero-order valence-corrected chi connectivity index (χ0v) is 14.1. The summed E-state index contributed by atoms with van der Waals surface area (Å²) < 4.78 is 24.5. The Hall–Kier alpha value is -2.38. The van der Waals surface area contributed by atoms with E-state index in [0.717, 1.165) is 16.6 Å². The molecule has 0 aliphatic heterocycles. The van der Waals surface area contributed by atoms with Crippen LogP contribution in [0.1, 0.15) is 18.1 Å². The zero-order valence-electron chi connectivity index (χ0n) is 13.3. The van der Waals surface area contributed by atoms with E-state index in [1.165, 1.54) is 0 Å². The van der Waals surface area contributed by atoms with Crippen LogP contribution in [0.4, 0.5) is 0 Å². The number of hydrogen-bond donors (Lipinski definition) is 2. The number of hydrogen-bond acceptors (Lipinski definition) is 3. The average Bonchev–Trinajstić information content (AvgIpc) is 2.83. The molecule has 0 amide bonds. The highest BCUT2D eigenvalue weighted by Crippen LogP contribution is 2.16. The topological polar surface area (TPSA) is 97.9 Å². The van der Waals surface area contributed by atoms with Gasteiger partial charge in [0.2, 0.25) is 10.0 Å². The van der Waals surface area contributed by atoms with E-state index in [4.69, 9.17) is 5.14 Å². The Balaban J connectivity index is 1.94. The molecule has 7 heteroatoms. The normalized spacial score (nSPS) is 13.2. The number of nitrogens with one attached hydrogen (secondary N) is 1. The highest BCUT2D eigenvalue weighted by Gasteiger charge is 2.17. The lowest BCUT2D eigenvalue weighted by atomic mass is 10.1. The summed E-state index contributed by atoms with van der Waals surface area (Å²) in [4.78, 5) is 12.2. The second-order valence-electron chi connectivity index (χ2n) is 5.97. The first-order valence-electron chi connectivity index (χ1n) is 7.61. The number of benzene rings is 2. The summed E-state index contributed by atoms with van der Waals surface area (Å²) in [7, 11) is -3.59. The van der Waals surface area contributed by atoms with Gasteiger partial charge < -0.3 is 0 Å². The molecule has 1 aromatic heterocycles. The smallest absolute Gasteiger partial charge is 0.271 e. The van der Waals surface area contributed by atoms with Crippen LogP contribution < -0.4 is 10.7 Å². The Bertz CT molecular complexity index is 1020. The minimum absolute atomic E-state index is 0.189. The van der Waals surface area contributed by atoms with Crippen molar-refractivity contribution in [1.29, 1.82) is 0 Å². The van der Waals surface area contributed by atoms with Crippen LogP contribution in [0.15, 0.2) is 53.3 Å². The molecule has 6 nitrogen and oxygen atoms in total. The lowest BCUT2D eigenvalue weighted by Crippen LogP contribution is -2.27. The van der Waals surface area contributed by atoms with Crippen LogP contribution in [-0.4, -0.2) is 23.4 Å². The molecule has 3 rings (SSSR count). The molecule has 0 saturated carbocycles. The van der Waals surface area contributed by atoms with Crippen molar-refractivity contribution in [2.45, 2.75) is 25.1 Å². The highest BCUT2D eigenvalue weighted by atomic mass is 32.2. The molecule has 0 radical (unpaired) electrons. The molecule has 1 unspecified atom stereocenters. The maximum atomic E-state index is 12.2. The molecule has 0 spiro atoms. The van der Waals surface area contributed by atoms with Crippen molar-refractivity contribution >= 4 is 20.9 Å². The Morgan fingerprint density at radius 2 is 1.83 bits per heavy atom. The number of nitrogens with two attached hydrogens (primary N) is 1. The lowest BCUT2D eigenvalue weighted by Gasteiger charge is -2.09. The number of primary sulfonamides is 1. The summed E-state index contributed by atoms with van der Waals surface area (Å²) >= 11 is 0. The monoisotopic (exact) mass is 345 g/mol. The Morgan fingerprint density at radius 1 is 1.12 bits per heavy atom. The first-order chi connectivity index (χ1) is 11.3. The Labute approximate surface area is 139 Å². The third-order valence-electron chi connectivity index (χ3n) is 4.10. The van der Waals surface area contributed by atoms with E-state index in [1.807, 2.05) is 42.5 Å². The molecule has 2 aromatic carbocycles. The number of rotatable bonds is 5. The van der Waals surface area contributed by atoms with Gasteiger partial charge >= 0.3 is 0 Å². The third-order valence-corrected chi connectivity index (χ3v) is 5.39. The summed E-state index contributed by atoms with van der Waals surface area (Å²) in [6, 6.07) is 15.2. The van der Waals surface area contributed by atoms with E-state index >= 15 is 0 Å². The molecule has 0 aliphatic rings.